The van der Waals surface area contributed by atoms with Crippen molar-refractivity contribution in [2.75, 3.05) is 6.54 Å². The van der Waals surface area contributed by atoms with Crippen LogP contribution in [0.4, 0.5) is 0 Å². The van der Waals surface area contributed by atoms with Crippen LogP contribution in [0, 0.1) is 0 Å². The van der Waals surface area contributed by atoms with Crippen molar-refractivity contribution in [2.24, 2.45) is 0 Å². The first-order valence-corrected chi connectivity index (χ1v) is 11.5. The number of ether oxygens (including phenoxy) is 1. The molecule has 0 aliphatic heterocycles. The van der Waals surface area contributed by atoms with Crippen LogP contribution in [0.15, 0.2) is 77.9 Å². The van der Waals surface area contributed by atoms with Crippen molar-refractivity contribution < 1.29 is 4.74 Å². The molecule has 2 heterocycles. The van der Waals surface area contributed by atoms with E-state index in [1.165, 1.54) is 6.07 Å². The van der Waals surface area contributed by atoms with Crippen molar-refractivity contribution >= 4 is 10.9 Å². The molecule has 0 unspecified atom stereocenters. The normalized spacial score (nSPS) is 11.7. The van der Waals surface area contributed by atoms with Gasteiger partial charge in [-0.05, 0) is 57.5 Å². The maximum absolute atomic E-state index is 12.8. The molecule has 0 radical (unpaired) electrons. The Morgan fingerprint density at radius 2 is 1.73 bits per heavy atom. The molecule has 6 heteroatoms. The van der Waals surface area contributed by atoms with E-state index in [-0.39, 0.29) is 5.56 Å². The van der Waals surface area contributed by atoms with Crippen molar-refractivity contribution in [3.63, 3.8) is 0 Å². The van der Waals surface area contributed by atoms with Gasteiger partial charge in [0, 0.05) is 42.0 Å². The Bertz CT molecular complexity index is 1250. The number of rotatable bonds is 9. The molecule has 0 bridgehead atoms. The maximum Gasteiger partial charge on any atom is 0.258 e. The molecule has 0 fully saturated rings. The van der Waals surface area contributed by atoms with Gasteiger partial charge in [-0.1, -0.05) is 30.3 Å². The van der Waals surface area contributed by atoms with E-state index >= 15 is 0 Å². The molecule has 0 N–H and O–H groups in total. The third-order valence-electron chi connectivity index (χ3n) is 5.94. The summed E-state index contributed by atoms with van der Waals surface area (Å²) in [6, 6.07) is 20.3. The van der Waals surface area contributed by atoms with E-state index in [2.05, 4.69) is 37.7 Å². The van der Waals surface area contributed by atoms with Crippen molar-refractivity contribution in [3.05, 3.63) is 89.0 Å². The highest BCUT2D eigenvalue weighted by Gasteiger charge is 2.14. The summed E-state index contributed by atoms with van der Waals surface area (Å²) in [5.74, 6) is 0.564. The lowest BCUT2D eigenvalue weighted by molar-refractivity contribution is 0.167. The molecule has 2 aromatic heterocycles. The largest absolute Gasteiger partial charge is 0.489 e. The smallest absolute Gasteiger partial charge is 0.258 e. The third-order valence-corrected chi connectivity index (χ3v) is 5.94. The van der Waals surface area contributed by atoms with Gasteiger partial charge in [-0.15, -0.1) is 0 Å². The van der Waals surface area contributed by atoms with Gasteiger partial charge in [0.1, 0.15) is 12.4 Å². The van der Waals surface area contributed by atoms with Crippen molar-refractivity contribution in [3.8, 4) is 11.4 Å². The first-order chi connectivity index (χ1) is 15.9. The molecule has 0 saturated carbocycles. The highest BCUT2D eigenvalue weighted by atomic mass is 16.5. The Balaban J connectivity index is 1.49. The summed E-state index contributed by atoms with van der Waals surface area (Å²) in [4.78, 5) is 15.2. The number of pyridine rings is 1. The van der Waals surface area contributed by atoms with Gasteiger partial charge in [0.05, 0.1) is 18.3 Å². The molecule has 33 heavy (non-hydrogen) atoms. The molecular formula is C27H32N4O2. The second-order valence-corrected chi connectivity index (χ2v) is 8.88. The minimum Gasteiger partial charge on any atom is -0.489 e. The zero-order valence-electron chi connectivity index (χ0n) is 19.8. The SMILES string of the molecule is CC(C)N(CCn1ncc2cc(-n3ccc(OCc4ccccc4)cc3=O)ccc21)C(C)C. The number of hydrogen-bond acceptors (Lipinski definition) is 4. The predicted molar refractivity (Wildman–Crippen MR) is 133 cm³/mol. The Labute approximate surface area is 195 Å². The Morgan fingerprint density at radius 1 is 0.970 bits per heavy atom. The summed E-state index contributed by atoms with van der Waals surface area (Å²) < 4.78 is 9.46. The first kappa shape index (κ1) is 22.8. The van der Waals surface area contributed by atoms with Crippen LogP contribution in [0.1, 0.15) is 33.3 Å². The van der Waals surface area contributed by atoms with Crippen LogP contribution >= 0.6 is 0 Å². The van der Waals surface area contributed by atoms with Gasteiger partial charge >= 0.3 is 0 Å². The second kappa shape index (κ2) is 10.0. The minimum absolute atomic E-state index is 0.128. The van der Waals surface area contributed by atoms with Crippen molar-refractivity contribution in [2.45, 2.75) is 52.9 Å². The summed E-state index contributed by atoms with van der Waals surface area (Å²) in [5.41, 5.74) is 2.82. The molecular weight excluding hydrogens is 412 g/mol. The van der Waals surface area contributed by atoms with E-state index in [1.54, 1.807) is 10.8 Å². The molecule has 0 amide bonds. The lowest BCUT2D eigenvalue weighted by Crippen LogP contribution is -2.39. The highest BCUT2D eigenvalue weighted by Crippen LogP contribution is 2.19. The van der Waals surface area contributed by atoms with E-state index in [1.807, 2.05) is 65.5 Å². The van der Waals surface area contributed by atoms with E-state index in [4.69, 9.17) is 4.74 Å². The van der Waals surface area contributed by atoms with Gasteiger partial charge in [-0.25, -0.2) is 0 Å². The van der Waals surface area contributed by atoms with Gasteiger partial charge in [-0.3, -0.25) is 18.9 Å². The van der Waals surface area contributed by atoms with Gasteiger partial charge in [-0.2, -0.15) is 5.10 Å². The van der Waals surface area contributed by atoms with Crippen molar-refractivity contribution in [1.82, 2.24) is 19.2 Å². The standard InChI is InChI=1S/C27H32N4O2/c1-20(2)29(21(3)4)14-15-31-26-11-10-24(16-23(26)18-28-31)30-13-12-25(17-27(30)32)33-19-22-8-6-5-7-9-22/h5-13,16-18,20-21H,14-15,19H2,1-4H3. The summed E-state index contributed by atoms with van der Waals surface area (Å²) in [5, 5.41) is 5.61. The molecule has 4 aromatic rings. The molecule has 0 aliphatic carbocycles. The average Bonchev–Trinajstić information content (AvgIpc) is 3.20. The van der Waals surface area contributed by atoms with Crippen LogP contribution in [0.5, 0.6) is 5.75 Å². The van der Waals surface area contributed by atoms with Crippen LogP contribution < -0.4 is 10.3 Å². The summed E-state index contributed by atoms with van der Waals surface area (Å²) in [7, 11) is 0. The second-order valence-electron chi connectivity index (χ2n) is 8.88. The summed E-state index contributed by atoms with van der Waals surface area (Å²) in [6.07, 6.45) is 3.63. The number of fused-ring (bicyclic) bond motifs is 1. The number of nitrogens with zero attached hydrogens (tertiary/aromatic N) is 4. The maximum atomic E-state index is 12.8. The van der Waals surface area contributed by atoms with Crippen LogP contribution in [0.2, 0.25) is 0 Å². The first-order valence-electron chi connectivity index (χ1n) is 11.5. The fourth-order valence-electron chi connectivity index (χ4n) is 4.23. The summed E-state index contributed by atoms with van der Waals surface area (Å²) in [6.45, 7) is 11.1. The van der Waals surface area contributed by atoms with E-state index in [0.29, 0.717) is 24.4 Å². The highest BCUT2D eigenvalue weighted by molar-refractivity contribution is 5.80. The molecule has 0 saturated heterocycles. The lowest BCUT2D eigenvalue weighted by Gasteiger charge is -2.30. The number of aromatic nitrogens is 3. The Hall–Kier alpha value is -3.38. The number of hydrogen-bond donors (Lipinski definition) is 0. The molecule has 2 aromatic carbocycles. The van der Waals surface area contributed by atoms with Crippen LogP contribution in [0.25, 0.3) is 16.6 Å². The average molecular weight is 445 g/mol. The quantitative estimate of drug-likeness (QED) is 0.369. The lowest BCUT2D eigenvalue weighted by atomic mass is 10.2. The van der Waals surface area contributed by atoms with Gasteiger partial charge in [0.25, 0.3) is 5.56 Å². The Morgan fingerprint density at radius 3 is 2.42 bits per heavy atom. The van der Waals surface area contributed by atoms with Gasteiger partial charge in [0.2, 0.25) is 0 Å². The van der Waals surface area contributed by atoms with E-state index < -0.39 is 0 Å². The zero-order chi connectivity index (χ0) is 23.4. The fourth-order valence-corrected chi connectivity index (χ4v) is 4.23. The minimum atomic E-state index is -0.128. The summed E-state index contributed by atoms with van der Waals surface area (Å²) >= 11 is 0. The molecule has 0 aliphatic rings. The molecule has 4 rings (SSSR count). The third kappa shape index (κ3) is 5.34. The van der Waals surface area contributed by atoms with Crippen LogP contribution in [0.3, 0.4) is 0 Å². The monoisotopic (exact) mass is 444 g/mol. The topological polar surface area (TPSA) is 52.3 Å². The van der Waals surface area contributed by atoms with E-state index in [0.717, 1.165) is 35.2 Å². The predicted octanol–water partition coefficient (Wildman–Crippen LogP) is 4.89. The molecule has 172 valence electrons. The van der Waals surface area contributed by atoms with Crippen LogP contribution in [-0.4, -0.2) is 37.9 Å². The Kier molecular flexibility index (Phi) is 6.94. The van der Waals surface area contributed by atoms with Crippen LogP contribution in [-0.2, 0) is 13.2 Å². The zero-order valence-corrected chi connectivity index (χ0v) is 19.8. The van der Waals surface area contributed by atoms with Gasteiger partial charge in [0.15, 0.2) is 0 Å². The number of benzene rings is 2. The van der Waals surface area contributed by atoms with Crippen molar-refractivity contribution in [1.29, 1.82) is 0 Å². The van der Waals surface area contributed by atoms with Gasteiger partial charge < -0.3 is 4.74 Å². The molecule has 6 nitrogen and oxygen atoms in total. The molecule has 0 atom stereocenters. The fraction of sp³-hybridized carbons (Fsp3) is 0.333. The molecule has 0 spiro atoms. The van der Waals surface area contributed by atoms with E-state index in [9.17, 15) is 4.79 Å².